The van der Waals surface area contributed by atoms with Crippen molar-refractivity contribution in [1.29, 1.82) is 0 Å². The molecule has 1 rings (SSSR count). The molecule has 1 aromatic rings. The average Bonchev–Trinajstić information content (AvgIpc) is 2.31. The van der Waals surface area contributed by atoms with Crippen LogP contribution in [0.4, 0.5) is 0 Å². The molecule has 0 aliphatic carbocycles. The second-order valence-corrected chi connectivity index (χ2v) is 5.01. The van der Waals surface area contributed by atoms with E-state index in [0.717, 1.165) is 25.1 Å². The summed E-state index contributed by atoms with van der Waals surface area (Å²) >= 11 is 0. The average molecular weight is 251 g/mol. The largest absolute Gasteiger partial charge is 0.508 e. The van der Waals surface area contributed by atoms with Gasteiger partial charge in [-0.1, -0.05) is 17.7 Å². The molecule has 3 nitrogen and oxygen atoms in total. The van der Waals surface area contributed by atoms with Gasteiger partial charge in [-0.05, 0) is 46.7 Å². The second-order valence-electron chi connectivity index (χ2n) is 5.01. The first-order valence-corrected chi connectivity index (χ1v) is 6.65. The third kappa shape index (κ3) is 5.07. The Morgan fingerprint density at radius 1 is 1.28 bits per heavy atom. The Balaban J connectivity index is 2.36. The minimum absolute atomic E-state index is 0.156. The number of aromatic hydroxyl groups is 1. The summed E-state index contributed by atoms with van der Waals surface area (Å²) in [6.45, 7) is 9.85. The lowest BCUT2D eigenvalue weighted by molar-refractivity contribution is 0.0768. The standard InChI is InChI=1S/C15H25NO2/c1-11(2)18-9-5-8-16-13(4)14-10-12(3)6-7-15(14)17/h6-7,10-11,13,16-17H,5,8-9H2,1-4H3. The minimum atomic E-state index is 0.156. The SMILES string of the molecule is Cc1ccc(O)c(C(C)NCCCOC(C)C)c1. The van der Waals surface area contributed by atoms with E-state index in [2.05, 4.69) is 12.2 Å². The van der Waals surface area contributed by atoms with Crippen molar-refractivity contribution in [2.45, 2.75) is 46.3 Å². The monoisotopic (exact) mass is 251 g/mol. The lowest BCUT2D eigenvalue weighted by Gasteiger charge is -2.16. The summed E-state index contributed by atoms with van der Waals surface area (Å²) in [5.74, 6) is 0.360. The van der Waals surface area contributed by atoms with Gasteiger partial charge in [0, 0.05) is 18.2 Å². The van der Waals surface area contributed by atoms with Gasteiger partial charge in [-0.3, -0.25) is 0 Å². The topological polar surface area (TPSA) is 41.5 Å². The lowest BCUT2D eigenvalue weighted by atomic mass is 10.0. The van der Waals surface area contributed by atoms with Crippen LogP contribution < -0.4 is 5.32 Å². The van der Waals surface area contributed by atoms with Gasteiger partial charge in [0.1, 0.15) is 5.75 Å². The van der Waals surface area contributed by atoms with Crippen LogP contribution >= 0.6 is 0 Å². The van der Waals surface area contributed by atoms with E-state index >= 15 is 0 Å². The Labute approximate surface area is 110 Å². The first kappa shape index (κ1) is 15.0. The quantitative estimate of drug-likeness (QED) is 0.731. The normalized spacial score (nSPS) is 12.9. The van der Waals surface area contributed by atoms with Gasteiger partial charge in [-0.15, -0.1) is 0 Å². The molecule has 3 heteroatoms. The summed E-state index contributed by atoms with van der Waals surface area (Å²) in [5.41, 5.74) is 2.12. The predicted octanol–water partition coefficient (Wildman–Crippen LogP) is 3.17. The van der Waals surface area contributed by atoms with Gasteiger partial charge in [0.2, 0.25) is 0 Å². The van der Waals surface area contributed by atoms with Gasteiger partial charge in [0.15, 0.2) is 0 Å². The molecular weight excluding hydrogens is 226 g/mol. The maximum atomic E-state index is 9.82. The molecule has 1 atom stereocenters. The molecule has 0 bridgehead atoms. The fourth-order valence-corrected chi connectivity index (χ4v) is 1.84. The highest BCUT2D eigenvalue weighted by Crippen LogP contribution is 2.24. The van der Waals surface area contributed by atoms with Gasteiger partial charge < -0.3 is 15.2 Å². The Bertz CT molecular complexity index is 364. The highest BCUT2D eigenvalue weighted by atomic mass is 16.5. The molecular formula is C15H25NO2. The van der Waals surface area contributed by atoms with Crippen LogP contribution in [0.25, 0.3) is 0 Å². The minimum Gasteiger partial charge on any atom is -0.508 e. The van der Waals surface area contributed by atoms with Crippen molar-refractivity contribution in [3.8, 4) is 5.75 Å². The van der Waals surface area contributed by atoms with E-state index in [-0.39, 0.29) is 6.04 Å². The molecule has 0 amide bonds. The highest BCUT2D eigenvalue weighted by molar-refractivity contribution is 5.37. The summed E-state index contributed by atoms with van der Waals surface area (Å²) in [6.07, 6.45) is 1.28. The van der Waals surface area contributed by atoms with Crippen molar-refractivity contribution in [2.75, 3.05) is 13.2 Å². The van der Waals surface area contributed by atoms with Crippen LogP contribution in [0.1, 0.15) is 44.4 Å². The van der Waals surface area contributed by atoms with Crippen LogP contribution in [0.2, 0.25) is 0 Å². The van der Waals surface area contributed by atoms with Gasteiger partial charge in [-0.25, -0.2) is 0 Å². The van der Waals surface area contributed by atoms with Crippen LogP contribution in [-0.2, 0) is 4.74 Å². The number of ether oxygens (including phenoxy) is 1. The van der Waals surface area contributed by atoms with E-state index in [1.807, 2.05) is 32.9 Å². The molecule has 0 spiro atoms. The van der Waals surface area contributed by atoms with Crippen LogP contribution in [0.3, 0.4) is 0 Å². The third-order valence-corrected chi connectivity index (χ3v) is 2.87. The molecule has 2 N–H and O–H groups in total. The second kappa shape index (κ2) is 7.39. The summed E-state index contributed by atoms with van der Waals surface area (Å²) in [6, 6.07) is 5.86. The maximum absolute atomic E-state index is 9.82. The number of rotatable bonds is 7. The molecule has 0 saturated carbocycles. The van der Waals surface area contributed by atoms with E-state index < -0.39 is 0 Å². The van der Waals surface area contributed by atoms with Gasteiger partial charge >= 0.3 is 0 Å². The molecule has 102 valence electrons. The van der Waals surface area contributed by atoms with E-state index in [9.17, 15) is 5.11 Å². The number of hydrogen-bond donors (Lipinski definition) is 2. The Kier molecular flexibility index (Phi) is 6.16. The van der Waals surface area contributed by atoms with Crippen LogP contribution in [-0.4, -0.2) is 24.4 Å². The molecule has 0 aliphatic heterocycles. The highest BCUT2D eigenvalue weighted by Gasteiger charge is 2.09. The molecule has 1 unspecified atom stereocenters. The number of phenols is 1. The first-order chi connectivity index (χ1) is 8.50. The molecule has 0 saturated heterocycles. The van der Waals surface area contributed by atoms with E-state index in [1.54, 1.807) is 6.07 Å². The van der Waals surface area contributed by atoms with E-state index in [4.69, 9.17) is 4.74 Å². The zero-order valence-electron chi connectivity index (χ0n) is 11.9. The molecule has 0 fully saturated rings. The molecule has 18 heavy (non-hydrogen) atoms. The third-order valence-electron chi connectivity index (χ3n) is 2.87. The van der Waals surface area contributed by atoms with Gasteiger partial charge in [0.05, 0.1) is 6.10 Å². The zero-order chi connectivity index (χ0) is 13.5. The van der Waals surface area contributed by atoms with E-state index in [1.165, 1.54) is 5.56 Å². The smallest absolute Gasteiger partial charge is 0.120 e. The van der Waals surface area contributed by atoms with Crippen molar-refractivity contribution in [3.63, 3.8) is 0 Å². The van der Waals surface area contributed by atoms with Crippen LogP contribution in [0.15, 0.2) is 18.2 Å². The van der Waals surface area contributed by atoms with Crippen LogP contribution in [0.5, 0.6) is 5.75 Å². The zero-order valence-corrected chi connectivity index (χ0v) is 11.9. The number of benzene rings is 1. The maximum Gasteiger partial charge on any atom is 0.120 e. The van der Waals surface area contributed by atoms with Crippen molar-refractivity contribution < 1.29 is 9.84 Å². The Morgan fingerprint density at radius 3 is 2.67 bits per heavy atom. The molecule has 0 heterocycles. The number of phenolic OH excluding ortho intramolecular Hbond substituents is 1. The van der Waals surface area contributed by atoms with Crippen molar-refractivity contribution >= 4 is 0 Å². The summed E-state index contributed by atoms with van der Waals surface area (Å²) in [4.78, 5) is 0. The first-order valence-electron chi connectivity index (χ1n) is 6.65. The van der Waals surface area contributed by atoms with E-state index in [0.29, 0.717) is 11.9 Å². The lowest BCUT2D eigenvalue weighted by Crippen LogP contribution is -2.21. The van der Waals surface area contributed by atoms with Gasteiger partial charge in [-0.2, -0.15) is 0 Å². The van der Waals surface area contributed by atoms with Crippen LogP contribution in [0, 0.1) is 6.92 Å². The van der Waals surface area contributed by atoms with Crippen molar-refractivity contribution in [1.82, 2.24) is 5.32 Å². The summed E-state index contributed by atoms with van der Waals surface area (Å²) in [5, 5.41) is 13.2. The molecule has 1 aromatic carbocycles. The molecule has 0 aromatic heterocycles. The van der Waals surface area contributed by atoms with Crippen molar-refractivity contribution in [3.05, 3.63) is 29.3 Å². The predicted molar refractivity (Wildman–Crippen MR) is 75.0 cm³/mol. The van der Waals surface area contributed by atoms with Crippen molar-refractivity contribution in [2.24, 2.45) is 0 Å². The summed E-state index contributed by atoms with van der Waals surface area (Å²) in [7, 11) is 0. The van der Waals surface area contributed by atoms with Gasteiger partial charge in [0.25, 0.3) is 0 Å². The number of nitrogens with one attached hydrogen (secondary N) is 1. The fraction of sp³-hybridized carbons (Fsp3) is 0.600. The Hall–Kier alpha value is -1.06. The molecule has 0 radical (unpaired) electrons. The number of hydrogen-bond acceptors (Lipinski definition) is 3. The Morgan fingerprint density at radius 2 is 2.00 bits per heavy atom. The fourth-order valence-electron chi connectivity index (χ4n) is 1.84. The summed E-state index contributed by atoms with van der Waals surface area (Å²) < 4.78 is 5.48. The number of aryl methyl sites for hydroxylation is 1. The molecule has 0 aliphatic rings.